The van der Waals surface area contributed by atoms with Crippen LogP contribution in [0.4, 0.5) is 17.3 Å². The number of aliphatic hydroxyl groups is 1. The first-order chi connectivity index (χ1) is 14.4. The molecule has 0 fully saturated rings. The molecule has 30 heavy (non-hydrogen) atoms. The van der Waals surface area contributed by atoms with Gasteiger partial charge in [-0.2, -0.15) is 4.57 Å². The summed E-state index contributed by atoms with van der Waals surface area (Å²) < 4.78 is 41.3. The fourth-order valence-electron chi connectivity index (χ4n) is 4.00. The second-order valence-corrected chi connectivity index (χ2v) is 7.18. The molecule has 1 heterocycles. The summed E-state index contributed by atoms with van der Waals surface area (Å²) in [6.07, 6.45) is 4.69. The van der Waals surface area contributed by atoms with Crippen molar-refractivity contribution in [2.75, 3.05) is 6.61 Å². The molecule has 158 valence electrons. The number of nitrogens with zero attached hydrogens (tertiary/aromatic N) is 1. The van der Waals surface area contributed by atoms with Crippen molar-refractivity contribution in [3.63, 3.8) is 0 Å². The highest BCUT2D eigenvalue weighted by Gasteiger charge is 2.28. The van der Waals surface area contributed by atoms with Crippen molar-refractivity contribution in [1.82, 2.24) is 0 Å². The monoisotopic (exact) mass is 417 g/mol. The van der Waals surface area contributed by atoms with Crippen LogP contribution in [0.1, 0.15) is 24.1 Å². The summed E-state index contributed by atoms with van der Waals surface area (Å²) in [5, 5.41) is 9.66. The lowest BCUT2D eigenvalue weighted by Crippen LogP contribution is -2.44. The Kier molecular flexibility index (Phi) is 7.26. The Balaban J connectivity index is 0.000000461. The zero-order valence-corrected chi connectivity index (χ0v) is 16.6. The van der Waals surface area contributed by atoms with Crippen molar-refractivity contribution in [3.05, 3.63) is 78.0 Å². The third kappa shape index (κ3) is 5.69. The zero-order valence-electron chi connectivity index (χ0n) is 16.6. The normalized spacial score (nSPS) is 13.2. The lowest BCUT2D eigenvalue weighted by Gasteiger charge is -2.20. The van der Waals surface area contributed by atoms with Crippen LogP contribution in [0.3, 0.4) is 0 Å². The van der Waals surface area contributed by atoms with Crippen LogP contribution in [0, 0.1) is 0 Å². The van der Waals surface area contributed by atoms with Gasteiger partial charge >= 0.3 is 7.25 Å². The second-order valence-electron chi connectivity index (χ2n) is 7.18. The molecule has 7 heteroatoms. The topological polar surface area (TPSA) is 24.1 Å². The lowest BCUT2D eigenvalue weighted by atomic mass is 9.87. The SMILES string of the molecule is F[B-](F)(F)F.OCC[n+]1c(-c2ccccc2)cc(-c2ccccc2)c2c1CCCC2. The van der Waals surface area contributed by atoms with E-state index in [2.05, 4.69) is 71.3 Å². The summed E-state index contributed by atoms with van der Waals surface area (Å²) in [5.74, 6) is 0. The molecule has 3 aromatic rings. The van der Waals surface area contributed by atoms with E-state index in [1.165, 1.54) is 46.5 Å². The minimum Gasteiger partial charge on any atom is -0.418 e. The minimum atomic E-state index is -6.00. The van der Waals surface area contributed by atoms with Gasteiger partial charge in [-0.15, -0.1) is 0 Å². The molecule has 0 saturated heterocycles. The standard InChI is InChI=1S/C23H24NO.BF4/c25-16-15-24-22-14-8-7-13-20(22)21(18-9-3-1-4-10-18)17-23(24)19-11-5-2-6-12-19;2-1(3,4)5/h1-6,9-12,17,25H,7-8,13-16H2;/q+1;-1. The molecule has 2 aromatic carbocycles. The lowest BCUT2D eigenvalue weighted by molar-refractivity contribution is -0.695. The van der Waals surface area contributed by atoms with Crippen molar-refractivity contribution in [3.8, 4) is 22.4 Å². The predicted octanol–water partition coefficient (Wildman–Crippen LogP) is 5.48. The first kappa shape index (κ1) is 22.0. The van der Waals surface area contributed by atoms with Gasteiger partial charge in [0.25, 0.3) is 0 Å². The fraction of sp³-hybridized carbons (Fsp3) is 0.261. The number of hydrogen-bond acceptors (Lipinski definition) is 1. The first-order valence-corrected chi connectivity index (χ1v) is 10.1. The predicted molar refractivity (Wildman–Crippen MR) is 111 cm³/mol. The van der Waals surface area contributed by atoms with Crippen LogP contribution >= 0.6 is 0 Å². The second kappa shape index (κ2) is 9.89. The maximum atomic E-state index is 9.75. The number of aliphatic hydroxyl groups excluding tert-OH is 1. The minimum absolute atomic E-state index is 0.168. The maximum absolute atomic E-state index is 9.75. The molecule has 0 unspecified atom stereocenters. The van der Waals surface area contributed by atoms with E-state index in [0.29, 0.717) is 6.54 Å². The molecule has 0 radical (unpaired) electrons. The third-order valence-corrected chi connectivity index (χ3v) is 5.14. The molecule has 1 N–H and O–H groups in total. The summed E-state index contributed by atoms with van der Waals surface area (Å²) in [5.41, 5.74) is 7.92. The molecule has 2 nitrogen and oxygen atoms in total. The largest absolute Gasteiger partial charge is 0.673 e. The molecular weight excluding hydrogens is 393 g/mol. The number of benzene rings is 2. The van der Waals surface area contributed by atoms with Crippen LogP contribution in [0.5, 0.6) is 0 Å². The number of aromatic nitrogens is 1. The van der Waals surface area contributed by atoms with Gasteiger partial charge in [0.2, 0.25) is 5.69 Å². The van der Waals surface area contributed by atoms with Crippen molar-refractivity contribution < 1.29 is 26.9 Å². The Morgan fingerprint density at radius 3 is 1.90 bits per heavy atom. The Morgan fingerprint density at radius 2 is 1.33 bits per heavy atom. The van der Waals surface area contributed by atoms with Crippen LogP contribution in [0.25, 0.3) is 22.4 Å². The van der Waals surface area contributed by atoms with Crippen molar-refractivity contribution in [2.45, 2.75) is 32.2 Å². The van der Waals surface area contributed by atoms with Crippen LogP contribution < -0.4 is 4.57 Å². The van der Waals surface area contributed by atoms with Gasteiger partial charge in [0.05, 0.1) is 0 Å². The molecule has 4 rings (SSSR count). The number of pyridine rings is 1. The van der Waals surface area contributed by atoms with Gasteiger partial charge in [0.1, 0.15) is 6.61 Å². The van der Waals surface area contributed by atoms with Gasteiger partial charge in [-0.25, -0.2) is 0 Å². The quantitative estimate of drug-likeness (QED) is 0.339. The van der Waals surface area contributed by atoms with E-state index >= 15 is 0 Å². The maximum Gasteiger partial charge on any atom is 0.673 e. The molecule has 0 saturated carbocycles. The number of rotatable bonds is 4. The molecule has 1 aliphatic carbocycles. The van der Waals surface area contributed by atoms with E-state index in [1.807, 2.05) is 0 Å². The molecule has 0 aliphatic heterocycles. The molecule has 0 spiro atoms. The highest BCUT2D eigenvalue weighted by atomic mass is 19.5. The van der Waals surface area contributed by atoms with Crippen LogP contribution in [0.2, 0.25) is 0 Å². The molecular formula is C23H24BF4NO. The van der Waals surface area contributed by atoms with E-state index in [-0.39, 0.29) is 6.61 Å². The van der Waals surface area contributed by atoms with Crippen molar-refractivity contribution >= 4 is 7.25 Å². The summed E-state index contributed by atoms with van der Waals surface area (Å²) in [6.45, 7) is 0.823. The van der Waals surface area contributed by atoms with Crippen LogP contribution in [-0.2, 0) is 19.4 Å². The van der Waals surface area contributed by atoms with Gasteiger partial charge in [0.15, 0.2) is 12.2 Å². The Morgan fingerprint density at radius 1 is 0.800 bits per heavy atom. The Labute approximate surface area is 173 Å². The van der Waals surface area contributed by atoms with E-state index in [0.717, 1.165) is 12.8 Å². The summed E-state index contributed by atoms with van der Waals surface area (Å²) in [4.78, 5) is 0. The summed E-state index contributed by atoms with van der Waals surface area (Å²) >= 11 is 0. The number of halogens is 4. The van der Waals surface area contributed by atoms with Gasteiger partial charge < -0.3 is 22.4 Å². The van der Waals surface area contributed by atoms with E-state index in [9.17, 15) is 22.4 Å². The Bertz CT molecular complexity index is 956. The van der Waals surface area contributed by atoms with Crippen LogP contribution in [0.15, 0.2) is 66.7 Å². The molecule has 0 amide bonds. The molecule has 0 atom stereocenters. The van der Waals surface area contributed by atoms with E-state index in [1.54, 1.807) is 0 Å². The number of fused-ring (bicyclic) bond motifs is 1. The van der Waals surface area contributed by atoms with Gasteiger partial charge in [-0.1, -0.05) is 48.5 Å². The van der Waals surface area contributed by atoms with Crippen molar-refractivity contribution in [2.24, 2.45) is 0 Å². The number of hydrogen-bond donors (Lipinski definition) is 1. The highest BCUT2D eigenvalue weighted by Crippen LogP contribution is 2.33. The van der Waals surface area contributed by atoms with E-state index in [4.69, 9.17) is 0 Å². The smallest absolute Gasteiger partial charge is 0.418 e. The fourth-order valence-corrected chi connectivity index (χ4v) is 4.00. The Hall–Kier alpha value is -2.67. The van der Waals surface area contributed by atoms with Crippen molar-refractivity contribution in [1.29, 1.82) is 0 Å². The molecule has 1 aromatic heterocycles. The highest BCUT2D eigenvalue weighted by molar-refractivity contribution is 6.50. The van der Waals surface area contributed by atoms with E-state index < -0.39 is 7.25 Å². The average Bonchev–Trinajstić information content (AvgIpc) is 2.74. The third-order valence-electron chi connectivity index (χ3n) is 5.14. The van der Waals surface area contributed by atoms with Gasteiger partial charge in [0, 0.05) is 23.6 Å². The molecule has 1 aliphatic rings. The van der Waals surface area contributed by atoms with Gasteiger partial charge in [-0.3, -0.25) is 0 Å². The zero-order chi connectivity index (χ0) is 21.6. The summed E-state index contributed by atoms with van der Waals surface area (Å²) in [6, 6.07) is 23.6. The summed E-state index contributed by atoms with van der Waals surface area (Å²) in [7, 11) is -6.00. The first-order valence-electron chi connectivity index (χ1n) is 10.1. The molecule has 0 bridgehead atoms. The van der Waals surface area contributed by atoms with Crippen LogP contribution in [-0.4, -0.2) is 19.0 Å². The van der Waals surface area contributed by atoms with Gasteiger partial charge in [-0.05, 0) is 42.5 Å². The average molecular weight is 417 g/mol.